The molecule has 0 aromatic rings. The molecule has 0 fully saturated rings. The van der Waals surface area contributed by atoms with Gasteiger partial charge < -0.3 is 14.2 Å². The van der Waals surface area contributed by atoms with Crippen molar-refractivity contribution in [2.45, 2.75) is 335 Å². The summed E-state index contributed by atoms with van der Waals surface area (Å²) < 4.78 is 16.9. The molecule has 0 spiro atoms. The van der Waals surface area contributed by atoms with Gasteiger partial charge in [-0.1, -0.05) is 293 Å². The normalized spacial score (nSPS) is 12.5. The van der Waals surface area contributed by atoms with Crippen LogP contribution in [-0.4, -0.2) is 37.2 Å². The van der Waals surface area contributed by atoms with E-state index in [4.69, 9.17) is 14.2 Å². The monoisotopic (exact) mass is 1050 g/mol. The molecule has 0 amide bonds. The van der Waals surface area contributed by atoms with Gasteiger partial charge in [-0.05, 0) is 89.9 Å². The molecular formula is C69H122O6. The molecule has 0 aromatic heterocycles. The van der Waals surface area contributed by atoms with Crippen LogP contribution in [0.15, 0.2) is 72.9 Å². The van der Waals surface area contributed by atoms with Gasteiger partial charge >= 0.3 is 17.9 Å². The van der Waals surface area contributed by atoms with Crippen LogP contribution in [-0.2, 0) is 28.6 Å². The van der Waals surface area contributed by atoms with Gasteiger partial charge in [0.05, 0.1) is 0 Å². The topological polar surface area (TPSA) is 78.9 Å². The predicted octanol–water partition coefficient (Wildman–Crippen LogP) is 22.1. The highest BCUT2D eigenvalue weighted by atomic mass is 16.6. The summed E-state index contributed by atoms with van der Waals surface area (Å²) in [5, 5.41) is 0. The van der Waals surface area contributed by atoms with Crippen molar-refractivity contribution in [3.63, 3.8) is 0 Å². The minimum absolute atomic E-state index is 0.0760. The predicted molar refractivity (Wildman–Crippen MR) is 325 cm³/mol. The number of unbranched alkanes of at least 4 members (excludes halogenated alkanes) is 36. The zero-order valence-electron chi connectivity index (χ0n) is 49.8. The average molecular weight is 1050 g/mol. The van der Waals surface area contributed by atoms with E-state index >= 15 is 0 Å². The van der Waals surface area contributed by atoms with Crippen molar-refractivity contribution in [2.24, 2.45) is 0 Å². The van der Waals surface area contributed by atoms with E-state index in [1.165, 1.54) is 193 Å². The second-order valence-electron chi connectivity index (χ2n) is 21.6. The smallest absolute Gasteiger partial charge is 0.306 e. The van der Waals surface area contributed by atoms with Crippen LogP contribution in [0, 0.1) is 0 Å². The fourth-order valence-electron chi connectivity index (χ4n) is 9.35. The summed E-state index contributed by atoms with van der Waals surface area (Å²) in [6.45, 7) is 6.55. The first kappa shape index (κ1) is 71.8. The quantitative estimate of drug-likeness (QED) is 0.0261. The van der Waals surface area contributed by atoms with E-state index in [-0.39, 0.29) is 31.1 Å². The highest BCUT2D eigenvalue weighted by molar-refractivity contribution is 5.71. The summed E-state index contributed by atoms with van der Waals surface area (Å²) in [7, 11) is 0. The van der Waals surface area contributed by atoms with E-state index in [2.05, 4.69) is 93.7 Å². The maximum atomic E-state index is 12.9. The number of carbonyl (C=O) groups excluding carboxylic acids is 3. The van der Waals surface area contributed by atoms with Gasteiger partial charge in [0.15, 0.2) is 6.10 Å². The molecule has 0 aromatic carbocycles. The number of hydrogen-bond acceptors (Lipinski definition) is 6. The van der Waals surface area contributed by atoms with Crippen LogP contribution in [0.5, 0.6) is 0 Å². The van der Waals surface area contributed by atoms with Crippen molar-refractivity contribution in [3.05, 3.63) is 72.9 Å². The Kier molecular flexibility index (Phi) is 60.7. The molecule has 0 aliphatic heterocycles. The lowest BCUT2D eigenvalue weighted by Crippen LogP contribution is -2.30. The molecule has 0 saturated carbocycles. The van der Waals surface area contributed by atoms with E-state index < -0.39 is 6.10 Å². The van der Waals surface area contributed by atoms with E-state index in [1.54, 1.807) is 0 Å². The molecule has 0 aliphatic carbocycles. The van der Waals surface area contributed by atoms with Crippen molar-refractivity contribution in [3.8, 4) is 0 Å². The van der Waals surface area contributed by atoms with Gasteiger partial charge in [-0.25, -0.2) is 0 Å². The molecule has 0 heterocycles. The Bertz CT molecular complexity index is 1390. The van der Waals surface area contributed by atoms with Crippen LogP contribution < -0.4 is 0 Å². The molecule has 0 saturated heterocycles. The number of carbonyl (C=O) groups is 3. The van der Waals surface area contributed by atoms with E-state index in [1.807, 2.05) is 0 Å². The van der Waals surface area contributed by atoms with E-state index in [0.29, 0.717) is 19.3 Å². The third-order valence-electron chi connectivity index (χ3n) is 14.2. The molecule has 0 N–H and O–H groups in total. The van der Waals surface area contributed by atoms with E-state index in [9.17, 15) is 14.4 Å². The van der Waals surface area contributed by atoms with Gasteiger partial charge in [0.1, 0.15) is 13.2 Å². The fourth-order valence-corrected chi connectivity index (χ4v) is 9.35. The average Bonchev–Trinajstić information content (AvgIpc) is 3.41. The Balaban J connectivity index is 4.32. The van der Waals surface area contributed by atoms with Gasteiger partial charge in [0.25, 0.3) is 0 Å². The SMILES string of the molecule is CC/C=C\C/C=C\C/C=C\C/C=C\CCCCCCCCCCC(=O)OC(COC(=O)CCCCCCCCCCCCC/C=C\C/C=C\CCCCCCC)COC(=O)CCCCCCCCCCCCCCC. The zero-order valence-corrected chi connectivity index (χ0v) is 49.8. The summed E-state index contributed by atoms with van der Waals surface area (Å²) in [5.74, 6) is -0.870. The van der Waals surface area contributed by atoms with Crippen LogP contribution in [0.3, 0.4) is 0 Å². The van der Waals surface area contributed by atoms with Gasteiger partial charge in [-0.15, -0.1) is 0 Å². The Morgan fingerprint density at radius 2 is 0.520 bits per heavy atom. The minimum atomic E-state index is -0.780. The number of esters is 3. The molecule has 0 bridgehead atoms. The highest BCUT2D eigenvalue weighted by Gasteiger charge is 2.19. The number of hydrogen-bond donors (Lipinski definition) is 0. The van der Waals surface area contributed by atoms with Crippen molar-refractivity contribution >= 4 is 17.9 Å². The highest BCUT2D eigenvalue weighted by Crippen LogP contribution is 2.17. The van der Waals surface area contributed by atoms with Crippen LogP contribution in [0.25, 0.3) is 0 Å². The lowest BCUT2D eigenvalue weighted by atomic mass is 10.0. The summed E-state index contributed by atoms with van der Waals surface area (Å²) in [6.07, 6.45) is 81.9. The summed E-state index contributed by atoms with van der Waals surface area (Å²) in [4.78, 5) is 38.3. The van der Waals surface area contributed by atoms with Crippen LogP contribution in [0.4, 0.5) is 0 Å². The van der Waals surface area contributed by atoms with Crippen molar-refractivity contribution in [1.82, 2.24) is 0 Å². The maximum Gasteiger partial charge on any atom is 0.306 e. The standard InChI is InChI=1S/C69H122O6/c1-4-7-10-13-16-19-22-25-27-29-31-33-34-36-37-39-41-44-47-50-53-56-59-62-68(71)74-65-66(64-73-67(70)61-58-55-52-49-46-43-24-21-18-15-12-9-6-3)75-69(72)63-60-57-54-51-48-45-42-40-38-35-32-30-28-26-23-20-17-14-11-8-5-2/h8,11,17,20,22,25-26,28-29,31-32,35,66H,4-7,9-10,12-16,18-19,21,23-24,27,30,33-34,36-65H2,1-3H3/b11-8-,20-17-,25-22-,28-26-,31-29-,35-32-. The van der Waals surface area contributed by atoms with Crippen molar-refractivity contribution in [2.75, 3.05) is 13.2 Å². The van der Waals surface area contributed by atoms with Gasteiger partial charge in [0.2, 0.25) is 0 Å². The molecule has 434 valence electrons. The first-order chi connectivity index (χ1) is 37.0. The molecule has 1 unspecified atom stereocenters. The minimum Gasteiger partial charge on any atom is -0.462 e. The third kappa shape index (κ3) is 61.6. The third-order valence-corrected chi connectivity index (χ3v) is 14.2. The first-order valence-electron chi connectivity index (χ1n) is 32.4. The lowest BCUT2D eigenvalue weighted by Gasteiger charge is -2.18. The largest absolute Gasteiger partial charge is 0.462 e. The molecule has 0 radical (unpaired) electrons. The zero-order chi connectivity index (χ0) is 54.3. The van der Waals surface area contributed by atoms with Gasteiger partial charge in [0, 0.05) is 19.3 Å². The second-order valence-corrected chi connectivity index (χ2v) is 21.6. The molecule has 0 rings (SSSR count). The fraction of sp³-hybridized carbons (Fsp3) is 0.783. The Hall–Kier alpha value is -3.15. The molecule has 0 aliphatic rings. The molecule has 75 heavy (non-hydrogen) atoms. The summed E-state index contributed by atoms with van der Waals surface area (Å²) in [5.41, 5.74) is 0. The Labute approximate surface area is 465 Å². The van der Waals surface area contributed by atoms with Crippen molar-refractivity contribution in [1.29, 1.82) is 0 Å². The summed E-state index contributed by atoms with van der Waals surface area (Å²) >= 11 is 0. The second kappa shape index (κ2) is 63.4. The first-order valence-corrected chi connectivity index (χ1v) is 32.4. The summed E-state index contributed by atoms with van der Waals surface area (Å²) in [6, 6.07) is 0. The van der Waals surface area contributed by atoms with Crippen LogP contribution in [0.1, 0.15) is 329 Å². The Morgan fingerprint density at radius 1 is 0.280 bits per heavy atom. The van der Waals surface area contributed by atoms with E-state index in [0.717, 1.165) is 96.3 Å². The number of ether oxygens (including phenoxy) is 3. The number of allylic oxidation sites excluding steroid dienone is 12. The maximum absolute atomic E-state index is 12.9. The van der Waals surface area contributed by atoms with Gasteiger partial charge in [-0.3, -0.25) is 14.4 Å². The van der Waals surface area contributed by atoms with Gasteiger partial charge in [-0.2, -0.15) is 0 Å². The molecule has 6 nitrogen and oxygen atoms in total. The molecule has 6 heteroatoms. The molecule has 1 atom stereocenters. The van der Waals surface area contributed by atoms with Crippen molar-refractivity contribution < 1.29 is 28.6 Å². The number of rotatable bonds is 59. The molecular weight excluding hydrogens is 925 g/mol. The van der Waals surface area contributed by atoms with Crippen LogP contribution >= 0.6 is 0 Å². The lowest BCUT2D eigenvalue weighted by molar-refractivity contribution is -0.167. The van der Waals surface area contributed by atoms with Crippen LogP contribution in [0.2, 0.25) is 0 Å². The Morgan fingerprint density at radius 3 is 0.813 bits per heavy atom.